The van der Waals surface area contributed by atoms with E-state index in [-0.39, 0.29) is 34.6 Å². The van der Waals surface area contributed by atoms with Crippen molar-refractivity contribution in [1.82, 2.24) is 14.7 Å². The molecule has 2 aromatic carbocycles. The van der Waals surface area contributed by atoms with Gasteiger partial charge in [-0.25, -0.2) is 4.39 Å². The molecule has 0 radical (unpaired) electrons. The van der Waals surface area contributed by atoms with Crippen LogP contribution in [0, 0.1) is 17.7 Å². The van der Waals surface area contributed by atoms with Crippen molar-refractivity contribution in [2.24, 2.45) is 11.8 Å². The molecule has 1 atom stereocenters. The minimum Gasteiger partial charge on any atom is -0.481 e. The summed E-state index contributed by atoms with van der Waals surface area (Å²) in [5.74, 6) is -3.73. The molecule has 0 bridgehead atoms. The molecular formula is C37H44ClFN4O7. The molecule has 1 unspecified atom stereocenters. The number of fused-ring (bicyclic) bond motifs is 1. The van der Waals surface area contributed by atoms with E-state index in [1.165, 1.54) is 12.3 Å². The third-order valence-corrected chi connectivity index (χ3v) is 11.0. The normalized spacial score (nSPS) is 23.8. The molecule has 1 amide bonds. The van der Waals surface area contributed by atoms with Crippen LogP contribution in [-0.2, 0) is 25.5 Å². The number of ketones is 1. The Bertz CT molecular complexity index is 1710. The number of hydrogen-bond donors (Lipinski definition) is 2. The smallest absolute Gasteiger partial charge is 0.306 e. The van der Waals surface area contributed by atoms with E-state index in [0.29, 0.717) is 87.5 Å². The maximum absolute atomic E-state index is 15.9. The number of aliphatic carboxylic acids is 1. The molecule has 3 aliphatic heterocycles. The van der Waals surface area contributed by atoms with Crippen LogP contribution in [0.2, 0.25) is 5.02 Å². The van der Waals surface area contributed by atoms with Crippen molar-refractivity contribution >= 4 is 45.9 Å². The quantitative estimate of drug-likeness (QED) is 0.257. The van der Waals surface area contributed by atoms with Gasteiger partial charge in [-0.1, -0.05) is 29.8 Å². The number of Topliss-reactive ketones (excluding diaryl/α,β-unsaturated/α-hetero) is 1. The zero-order chi connectivity index (χ0) is 34.8. The van der Waals surface area contributed by atoms with Crippen LogP contribution in [0.5, 0.6) is 0 Å². The number of likely N-dealkylation sites (tertiary alicyclic amines) is 2. The summed E-state index contributed by atoms with van der Waals surface area (Å²) in [6.07, 6.45) is 4.63. The predicted octanol–water partition coefficient (Wildman–Crippen LogP) is 5.26. The Balaban J connectivity index is 1.13. The summed E-state index contributed by atoms with van der Waals surface area (Å²) in [5, 5.41) is 13.0. The number of amides is 1. The van der Waals surface area contributed by atoms with E-state index in [9.17, 15) is 19.5 Å². The Morgan fingerprint density at radius 2 is 1.72 bits per heavy atom. The van der Waals surface area contributed by atoms with Gasteiger partial charge in [0.2, 0.25) is 5.85 Å². The zero-order valence-corrected chi connectivity index (χ0v) is 28.8. The number of carbonyl (C=O) groups excluding carboxylic acids is 2. The maximum atomic E-state index is 15.9. The summed E-state index contributed by atoms with van der Waals surface area (Å²) >= 11 is 6.63. The molecule has 1 saturated carbocycles. The van der Waals surface area contributed by atoms with E-state index in [0.717, 1.165) is 38.5 Å². The Kier molecular flexibility index (Phi) is 10.6. The number of rotatable bonds is 12. The molecule has 4 aliphatic rings. The first-order chi connectivity index (χ1) is 24.2. The molecule has 2 N–H and O–H groups in total. The van der Waals surface area contributed by atoms with Gasteiger partial charge < -0.3 is 24.3 Å². The van der Waals surface area contributed by atoms with Gasteiger partial charge in [0.15, 0.2) is 5.78 Å². The van der Waals surface area contributed by atoms with Gasteiger partial charge in [0.1, 0.15) is 17.7 Å². The Morgan fingerprint density at radius 1 is 1.00 bits per heavy atom. The van der Waals surface area contributed by atoms with Crippen LogP contribution in [0.15, 0.2) is 47.1 Å². The van der Waals surface area contributed by atoms with E-state index in [2.05, 4.69) is 20.0 Å². The first-order valence-corrected chi connectivity index (χ1v) is 18.1. The molecule has 11 nitrogen and oxygen atoms in total. The van der Waals surface area contributed by atoms with Crippen molar-refractivity contribution in [2.45, 2.75) is 56.9 Å². The molecule has 50 heavy (non-hydrogen) atoms. The van der Waals surface area contributed by atoms with Crippen LogP contribution in [0.3, 0.4) is 0 Å². The molecule has 3 saturated heterocycles. The fraction of sp³-hybridized carbons (Fsp3) is 0.541. The summed E-state index contributed by atoms with van der Waals surface area (Å²) in [6.45, 7) is 6.73. The fourth-order valence-corrected chi connectivity index (χ4v) is 8.21. The number of para-hydroxylation sites is 1. The molecule has 268 valence electrons. The van der Waals surface area contributed by atoms with Crippen molar-refractivity contribution in [3.63, 3.8) is 0 Å². The molecule has 1 aliphatic carbocycles. The second-order valence-corrected chi connectivity index (χ2v) is 14.4. The van der Waals surface area contributed by atoms with Gasteiger partial charge >= 0.3 is 5.97 Å². The summed E-state index contributed by atoms with van der Waals surface area (Å²) in [4.78, 5) is 46.2. The minimum absolute atomic E-state index is 0.0848. The first-order valence-electron chi connectivity index (χ1n) is 17.7. The van der Waals surface area contributed by atoms with Gasteiger partial charge in [-0.05, 0) is 68.2 Å². The third kappa shape index (κ3) is 7.19. The number of morpholine rings is 1. The molecule has 13 heteroatoms. The number of anilines is 1. The number of halogens is 2. The zero-order valence-electron chi connectivity index (χ0n) is 28.1. The Morgan fingerprint density at radius 3 is 2.44 bits per heavy atom. The van der Waals surface area contributed by atoms with E-state index in [1.807, 2.05) is 0 Å². The largest absolute Gasteiger partial charge is 0.481 e. The number of carboxylic acid groups (broad SMARTS) is 1. The molecule has 7 rings (SSSR count). The predicted molar refractivity (Wildman–Crippen MR) is 185 cm³/mol. The van der Waals surface area contributed by atoms with Crippen molar-refractivity contribution in [3.8, 4) is 0 Å². The van der Waals surface area contributed by atoms with Crippen LogP contribution in [-0.4, -0.2) is 108 Å². The molecule has 0 spiro atoms. The van der Waals surface area contributed by atoms with Crippen LogP contribution in [0.25, 0.3) is 11.0 Å². The third-order valence-electron chi connectivity index (χ3n) is 10.7. The van der Waals surface area contributed by atoms with Crippen molar-refractivity contribution in [2.75, 3.05) is 64.3 Å². The van der Waals surface area contributed by atoms with Gasteiger partial charge in [-0.3, -0.25) is 29.1 Å². The minimum atomic E-state index is -1.41. The van der Waals surface area contributed by atoms with Gasteiger partial charge in [0, 0.05) is 57.6 Å². The fourth-order valence-electron chi connectivity index (χ4n) is 7.98. The number of carbonyl (C=O) groups is 3. The standard InChI is InChI=1S/C37H44ClFN4O7/c38-30-17-26(31(39)19-32(30)40-35(45)29-23-49-33-6-2-1-5-28(29)33)18-34(44)37(42-11-3-4-12-42,50-27-9-7-25(8-10-27)36(46)47)43-21-24(22-43)20-41-13-15-48-16-14-41/h1-2,5-6,17,19,23-25,27H,3-4,7-16,18,20-22H2,(H,40,45)(H,46,47). The lowest BCUT2D eigenvalue weighted by atomic mass is 9.87. The number of benzene rings is 2. The van der Waals surface area contributed by atoms with E-state index < -0.39 is 29.5 Å². The highest BCUT2D eigenvalue weighted by molar-refractivity contribution is 6.34. The average Bonchev–Trinajstić information content (AvgIpc) is 3.80. The van der Waals surface area contributed by atoms with Crippen molar-refractivity contribution in [3.05, 3.63) is 64.6 Å². The summed E-state index contributed by atoms with van der Waals surface area (Å²) in [5.41, 5.74) is 1.04. The van der Waals surface area contributed by atoms with E-state index in [4.69, 9.17) is 25.5 Å². The van der Waals surface area contributed by atoms with Crippen molar-refractivity contribution < 1.29 is 37.8 Å². The highest BCUT2D eigenvalue weighted by Crippen LogP contribution is 2.40. The van der Waals surface area contributed by atoms with Crippen LogP contribution in [0.4, 0.5) is 10.1 Å². The lowest BCUT2D eigenvalue weighted by molar-refractivity contribution is -0.276. The van der Waals surface area contributed by atoms with Gasteiger partial charge in [0.25, 0.3) is 5.91 Å². The maximum Gasteiger partial charge on any atom is 0.306 e. The lowest BCUT2D eigenvalue weighted by Crippen LogP contribution is -2.73. The first kappa shape index (κ1) is 35.0. The molecule has 4 fully saturated rings. The number of nitrogens with zero attached hydrogens (tertiary/aromatic N) is 3. The highest BCUT2D eigenvalue weighted by atomic mass is 35.5. The van der Waals surface area contributed by atoms with Crippen LogP contribution >= 0.6 is 11.6 Å². The topological polar surface area (TPSA) is 125 Å². The second-order valence-electron chi connectivity index (χ2n) is 14.0. The number of hydrogen-bond acceptors (Lipinski definition) is 9. The average molecular weight is 711 g/mol. The monoisotopic (exact) mass is 710 g/mol. The number of ether oxygens (including phenoxy) is 2. The number of carboxylic acids is 1. The number of furan rings is 1. The lowest BCUT2D eigenvalue weighted by Gasteiger charge is -2.56. The van der Waals surface area contributed by atoms with Gasteiger partial charge in [-0.15, -0.1) is 0 Å². The molecule has 1 aromatic heterocycles. The summed E-state index contributed by atoms with van der Waals surface area (Å²) < 4.78 is 33.8. The molecular weight excluding hydrogens is 667 g/mol. The van der Waals surface area contributed by atoms with Gasteiger partial charge in [0.05, 0.1) is 41.5 Å². The summed E-state index contributed by atoms with van der Waals surface area (Å²) in [7, 11) is 0. The van der Waals surface area contributed by atoms with Gasteiger partial charge in [-0.2, -0.15) is 0 Å². The Hall–Kier alpha value is -3.39. The summed E-state index contributed by atoms with van der Waals surface area (Å²) in [6, 6.07) is 9.67. The SMILES string of the molecule is O=C(Nc1cc(F)c(CC(=O)C(OC2CCC(C(=O)O)CC2)(N2CCCC2)N2CC(CN3CCOCC3)C2)cc1Cl)c1coc2ccccc12. The molecule has 4 heterocycles. The van der Waals surface area contributed by atoms with E-state index >= 15 is 4.39 Å². The van der Waals surface area contributed by atoms with Crippen LogP contribution in [0.1, 0.15) is 54.4 Å². The second kappa shape index (κ2) is 15.1. The highest BCUT2D eigenvalue weighted by Gasteiger charge is 2.56. The van der Waals surface area contributed by atoms with Crippen molar-refractivity contribution in [1.29, 1.82) is 0 Å². The molecule has 3 aromatic rings. The number of nitrogens with one attached hydrogen (secondary N) is 1. The Labute approximate surface area is 295 Å². The van der Waals surface area contributed by atoms with Crippen LogP contribution < -0.4 is 5.32 Å². The van der Waals surface area contributed by atoms with E-state index in [1.54, 1.807) is 24.3 Å².